The van der Waals surface area contributed by atoms with E-state index in [1.54, 1.807) is 12.1 Å². The summed E-state index contributed by atoms with van der Waals surface area (Å²) in [7, 11) is 9.53. The second kappa shape index (κ2) is 12.2. The molecule has 0 atom stereocenters. The number of oxime groups is 2. The van der Waals surface area contributed by atoms with Crippen LogP contribution in [0.4, 0.5) is 0 Å². The van der Waals surface area contributed by atoms with Gasteiger partial charge in [-0.15, -0.1) is 0 Å². The molecule has 0 fully saturated rings. The number of hydrogen-bond acceptors (Lipinski definition) is 5. The van der Waals surface area contributed by atoms with Crippen molar-refractivity contribution in [1.29, 1.82) is 0 Å². The van der Waals surface area contributed by atoms with Crippen LogP contribution in [-0.2, 0) is 13.1 Å². The van der Waals surface area contributed by atoms with Crippen molar-refractivity contribution in [3.8, 4) is 11.5 Å². The van der Waals surface area contributed by atoms with E-state index < -0.39 is 0 Å². The summed E-state index contributed by atoms with van der Waals surface area (Å²) < 4.78 is 5.50. The Kier molecular flexibility index (Phi) is 9.40. The first-order chi connectivity index (χ1) is 12.8. The fraction of sp³-hybridized carbons (Fsp3) is 0. The van der Waals surface area contributed by atoms with Crippen molar-refractivity contribution < 1.29 is 27.2 Å². The molecule has 2 aromatic carbocycles. The molecule has 1 heterocycles. The van der Waals surface area contributed by atoms with E-state index in [2.05, 4.69) is 10.3 Å². The molecule has 0 unspecified atom stereocenters. The maximum atomic E-state index is 5.50. The van der Waals surface area contributed by atoms with Gasteiger partial charge in [0.1, 0.15) is 23.9 Å². The Labute approximate surface area is 165 Å². The zero-order valence-electron chi connectivity index (χ0n) is 13.3. The van der Waals surface area contributed by atoms with Crippen molar-refractivity contribution in [1.82, 2.24) is 0 Å². The molecule has 1 aromatic heterocycles. The third kappa shape index (κ3) is 7.76. The predicted octanol–water partition coefficient (Wildman–Crippen LogP) is 5.48. The van der Waals surface area contributed by atoms with Crippen LogP contribution in [0.1, 0.15) is 11.5 Å². The second-order valence-corrected chi connectivity index (χ2v) is 6.39. The van der Waals surface area contributed by atoms with Crippen LogP contribution in [0.25, 0.3) is 0 Å². The zero-order chi connectivity index (χ0) is 18.5. The van der Waals surface area contributed by atoms with Crippen LogP contribution in [0.15, 0.2) is 87.5 Å². The first-order valence-electron chi connectivity index (χ1n) is 7.27. The molecule has 0 aliphatic rings. The fourth-order valence-electron chi connectivity index (χ4n) is 1.75. The van der Waals surface area contributed by atoms with Crippen molar-refractivity contribution >= 4 is 32.6 Å². The minimum atomic E-state index is 0.194. The van der Waals surface area contributed by atoms with E-state index in [9.17, 15) is 0 Å². The minimum absolute atomic E-state index is 0.194. The summed E-state index contributed by atoms with van der Waals surface area (Å²) in [6.07, 6.45) is 2.98. The molecule has 0 saturated heterocycles. The molecule has 0 amide bonds. The van der Waals surface area contributed by atoms with Gasteiger partial charge in [-0.05, 0) is 36.4 Å². The monoisotopic (exact) mass is 432 g/mol. The van der Waals surface area contributed by atoms with Gasteiger partial charge in [0.25, 0.3) is 0 Å². The van der Waals surface area contributed by atoms with Gasteiger partial charge in [-0.2, -0.15) is 0 Å². The number of hydrogen-bond donors (Lipinski definition) is 0. The van der Waals surface area contributed by atoms with Crippen LogP contribution in [-0.4, -0.2) is 12.4 Å². The van der Waals surface area contributed by atoms with Gasteiger partial charge in [0, 0.05) is 0 Å². The molecule has 0 saturated carbocycles. The van der Waals surface area contributed by atoms with Crippen LogP contribution >= 0.6 is 20.2 Å². The number of rotatable bonds is 6. The van der Waals surface area contributed by atoms with Crippen molar-refractivity contribution in [2.24, 2.45) is 10.3 Å². The molecule has 26 heavy (non-hydrogen) atoms. The number of nitrogens with zero attached hydrogens (tertiary/aromatic N) is 2. The van der Waals surface area contributed by atoms with Crippen molar-refractivity contribution in [2.45, 2.75) is 0 Å². The van der Waals surface area contributed by atoms with Crippen LogP contribution in [0.5, 0.6) is 11.5 Å². The van der Waals surface area contributed by atoms with E-state index in [-0.39, 0.29) is 13.1 Å². The Morgan fingerprint density at radius 2 is 1.08 bits per heavy atom. The number of furan rings is 1. The number of benzene rings is 2. The molecule has 3 rings (SSSR count). The van der Waals surface area contributed by atoms with Crippen LogP contribution in [0, 0.1) is 0 Å². The number of para-hydroxylation sites is 2. The molecule has 0 aliphatic heterocycles. The van der Waals surface area contributed by atoms with Crippen LogP contribution in [0.3, 0.4) is 0 Å². The van der Waals surface area contributed by atoms with E-state index >= 15 is 0 Å². The average molecular weight is 433 g/mol. The molecular formula is C18H14Cl2FeN2O3. The summed E-state index contributed by atoms with van der Waals surface area (Å²) >= 11 is 0.194. The summed E-state index contributed by atoms with van der Waals surface area (Å²) in [5.74, 6) is 2.44. The molecule has 0 radical (unpaired) electrons. The van der Waals surface area contributed by atoms with Gasteiger partial charge >= 0.3 is 33.3 Å². The Bertz CT molecular complexity index is 746. The third-order valence-corrected chi connectivity index (χ3v) is 2.81. The molecule has 5 nitrogen and oxygen atoms in total. The zero-order valence-corrected chi connectivity index (χ0v) is 15.9. The molecular weight excluding hydrogens is 419 g/mol. The average Bonchev–Trinajstić information content (AvgIpc) is 3.12. The summed E-state index contributed by atoms with van der Waals surface area (Å²) in [6, 6.07) is 22.1. The first kappa shape index (κ1) is 20.1. The fourth-order valence-corrected chi connectivity index (χ4v) is 1.75. The molecule has 0 aliphatic carbocycles. The van der Waals surface area contributed by atoms with Crippen molar-refractivity contribution in [3.63, 3.8) is 0 Å². The number of halogens is 2. The molecule has 0 bridgehead atoms. The molecule has 0 spiro atoms. The Morgan fingerprint density at radius 3 is 1.46 bits per heavy atom. The predicted molar refractivity (Wildman–Crippen MR) is 99.7 cm³/mol. The van der Waals surface area contributed by atoms with E-state index in [1.165, 1.54) is 12.4 Å². The van der Waals surface area contributed by atoms with Gasteiger partial charge in [0.2, 0.25) is 0 Å². The van der Waals surface area contributed by atoms with Gasteiger partial charge in [0.05, 0.1) is 0 Å². The van der Waals surface area contributed by atoms with Crippen molar-refractivity contribution in [2.75, 3.05) is 0 Å². The molecule has 136 valence electrons. The van der Waals surface area contributed by atoms with Crippen molar-refractivity contribution in [3.05, 3.63) is 84.3 Å². The summed E-state index contributed by atoms with van der Waals surface area (Å²) in [6.45, 7) is 0. The molecule has 0 N–H and O–H groups in total. The standard InChI is InChI=1S/C18H14N2O3.2ClH.Fe/c1-3-7-15(8-4-1)22-19-13-17-11-12-18(21-17)14-20-23-16-9-5-2-6-10-16;;;/h1-14H;2*1H;/q;;;+2/p-2/b19-13+,20-14+;;;. The summed E-state index contributed by atoms with van der Waals surface area (Å²) in [5.41, 5.74) is 0. The van der Waals surface area contributed by atoms with E-state index in [0.29, 0.717) is 23.0 Å². The van der Waals surface area contributed by atoms with E-state index in [0.717, 1.165) is 0 Å². The van der Waals surface area contributed by atoms with E-state index in [4.69, 9.17) is 34.3 Å². The van der Waals surface area contributed by atoms with Crippen LogP contribution < -0.4 is 9.68 Å². The first-order valence-corrected chi connectivity index (χ1v) is 10.3. The normalized spacial score (nSPS) is 10.7. The Hall–Kier alpha value is -2.24. The second-order valence-electron chi connectivity index (χ2n) is 4.57. The van der Waals surface area contributed by atoms with Gasteiger partial charge in [-0.25, -0.2) is 0 Å². The van der Waals surface area contributed by atoms with Gasteiger partial charge in [-0.1, -0.05) is 46.7 Å². The molecule has 3 aromatic rings. The van der Waals surface area contributed by atoms with Gasteiger partial charge < -0.3 is 14.1 Å². The maximum absolute atomic E-state index is 5.50. The summed E-state index contributed by atoms with van der Waals surface area (Å²) in [5, 5.41) is 7.72. The van der Waals surface area contributed by atoms with E-state index in [1.807, 2.05) is 60.7 Å². The molecule has 8 heteroatoms. The van der Waals surface area contributed by atoms with Gasteiger partial charge in [0.15, 0.2) is 11.5 Å². The summed E-state index contributed by atoms with van der Waals surface area (Å²) in [4.78, 5) is 10.4. The Balaban J connectivity index is 0.000000758. The Morgan fingerprint density at radius 1 is 0.692 bits per heavy atom. The van der Waals surface area contributed by atoms with Gasteiger partial charge in [-0.3, -0.25) is 0 Å². The third-order valence-electron chi connectivity index (χ3n) is 2.81. The topological polar surface area (TPSA) is 56.3 Å². The SMILES string of the molecule is C(=N\Oc1ccccc1)/c1ccc(/C=N/Oc2ccccc2)o1.[Cl][Fe][Cl]. The quantitative estimate of drug-likeness (QED) is 0.294. The van der Waals surface area contributed by atoms with Crippen LogP contribution in [0.2, 0.25) is 0 Å².